The Balaban J connectivity index is 1.80. The highest BCUT2D eigenvalue weighted by Gasteiger charge is 2.20. The second-order valence-electron chi connectivity index (χ2n) is 7.02. The minimum Gasteiger partial charge on any atom is -0.497 e. The van der Waals surface area contributed by atoms with E-state index >= 15 is 0 Å². The third-order valence-electron chi connectivity index (χ3n) is 4.79. The number of hydrogen-bond acceptors (Lipinski definition) is 7. The molecular formula is C22H21BN4O4S. The van der Waals surface area contributed by atoms with Crippen molar-refractivity contribution in [3.63, 3.8) is 0 Å². The monoisotopic (exact) mass is 448 g/mol. The van der Waals surface area contributed by atoms with E-state index in [4.69, 9.17) is 9.47 Å². The molecule has 0 radical (unpaired) electrons. The van der Waals surface area contributed by atoms with Crippen LogP contribution < -0.4 is 25.0 Å². The van der Waals surface area contributed by atoms with Crippen LogP contribution in [0.5, 0.6) is 11.5 Å². The molecule has 4 rings (SSSR count). The number of para-hydroxylation sites is 2. The summed E-state index contributed by atoms with van der Waals surface area (Å²) in [5.74, 6) is 1.43. The van der Waals surface area contributed by atoms with E-state index < -0.39 is 10.0 Å². The number of nitrogens with zero attached hydrogens (tertiary/aromatic N) is 2. The van der Waals surface area contributed by atoms with Crippen LogP contribution in [0.2, 0.25) is 0 Å². The number of rotatable bonds is 7. The lowest BCUT2D eigenvalue weighted by molar-refractivity contribution is 0.405. The van der Waals surface area contributed by atoms with Crippen LogP contribution in [0.3, 0.4) is 0 Å². The summed E-state index contributed by atoms with van der Waals surface area (Å²) < 4.78 is 39.3. The predicted octanol–water partition coefficient (Wildman–Crippen LogP) is 2.45. The van der Waals surface area contributed by atoms with Crippen molar-refractivity contribution in [2.24, 2.45) is 0 Å². The number of benzene rings is 3. The van der Waals surface area contributed by atoms with Gasteiger partial charge in [-0.05, 0) is 36.4 Å². The molecule has 0 bridgehead atoms. The van der Waals surface area contributed by atoms with Crippen molar-refractivity contribution < 1.29 is 17.9 Å². The van der Waals surface area contributed by atoms with Crippen LogP contribution in [0, 0.1) is 0 Å². The Morgan fingerprint density at radius 3 is 2.12 bits per heavy atom. The zero-order valence-electron chi connectivity index (χ0n) is 17.8. The minimum absolute atomic E-state index is 0.0640. The lowest BCUT2D eigenvalue weighted by Gasteiger charge is -2.16. The average Bonchev–Trinajstić information content (AvgIpc) is 2.79. The van der Waals surface area contributed by atoms with Gasteiger partial charge in [-0.15, -0.1) is 0 Å². The number of sulfonamides is 1. The van der Waals surface area contributed by atoms with Crippen LogP contribution in [-0.4, -0.2) is 40.5 Å². The van der Waals surface area contributed by atoms with Gasteiger partial charge in [0.2, 0.25) is 0 Å². The van der Waals surface area contributed by atoms with Crippen molar-refractivity contribution in [1.29, 1.82) is 0 Å². The van der Waals surface area contributed by atoms with E-state index in [0.717, 1.165) is 5.46 Å². The largest absolute Gasteiger partial charge is 0.497 e. The molecule has 1 heterocycles. The second kappa shape index (κ2) is 8.76. The molecule has 0 amide bonds. The lowest BCUT2D eigenvalue weighted by atomic mass is 9.97. The van der Waals surface area contributed by atoms with Gasteiger partial charge in [0.1, 0.15) is 19.3 Å². The fraction of sp³-hybridized carbons (Fsp3) is 0.0909. The molecule has 10 heteroatoms. The minimum atomic E-state index is -3.89. The first kappa shape index (κ1) is 21.4. The summed E-state index contributed by atoms with van der Waals surface area (Å²) in [6.07, 6.45) is 0. The summed E-state index contributed by atoms with van der Waals surface area (Å²) in [5.41, 5.74) is 2.67. The molecule has 0 aliphatic heterocycles. The number of nitrogens with one attached hydrogen (secondary N) is 2. The van der Waals surface area contributed by atoms with E-state index in [2.05, 4.69) is 20.0 Å². The fourth-order valence-electron chi connectivity index (χ4n) is 3.10. The summed E-state index contributed by atoms with van der Waals surface area (Å²) in [6.45, 7) is 0. The SMILES string of the molecule is Bc1ccc(S(=O)(=O)Nc2nc3ccccc3nc2Nc2cc(OC)ccc2OC)cc1. The Morgan fingerprint density at radius 2 is 1.50 bits per heavy atom. The first-order chi connectivity index (χ1) is 15.4. The van der Waals surface area contributed by atoms with E-state index in [1.807, 2.05) is 20.0 Å². The number of aromatic nitrogens is 2. The molecule has 8 nitrogen and oxygen atoms in total. The molecule has 162 valence electrons. The molecule has 0 saturated carbocycles. The Labute approximate surface area is 187 Å². The molecule has 0 aliphatic rings. The summed E-state index contributed by atoms with van der Waals surface area (Å²) in [5, 5.41) is 3.14. The highest BCUT2D eigenvalue weighted by molar-refractivity contribution is 7.92. The molecule has 32 heavy (non-hydrogen) atoms. The maximum absolute atomic E-state index is 13.0. The molecular weight excluding hydrogens is 427 g/mol. The van der Waals surface area contributed by atoms with E-state index in [1.165, 1.54) is 0 Å². The van der Waals surface area contributed by atoms with Gasteiger partial charge in [-0.3, -0.25) is 4.72 Å². The van der Waals surface area contributed by atoms with Crippen molar-refractivity contribution in [3.05, 3.63) is 66.7 Å². The Bertz CT molecular complexity index is 1380. The third kappa shape index (κ3) is 4.45. The van der Waals surface area contributed by atoms with Crippen molar-refractivity contribution >= 4 is 51.7 Å². The molecule has 0 unspecified atom stereocenters. The Hall–Kier alpha value is -3.79. The predicted molar refractivity (Wildman–Crippen MR) is 128 cm³/mol. The van der Waals surface area contributed by atoms with Crippen molar-refractivity contribution in [1.82, 2.24) is 9.97 Å². The highest BCUT2D eigenvalue weighted by atomic mass is 32.2. The van der Waals surface area contributed by atoms with Gasteiger partial charge in [-0.2, -0.15) is 0 Å². The van der Waals surface area contributed by atoms with Gasteiger partial charge in [0.05, 0.1) is 35.8 Å². The molecule has 0 aliphatic carbocycles. The number of fused-ring (bicyclic) bond motifs is 1. The van der Waals surface area contributed by atoms with Crippen LogP contribution in [0.1, 0.15) is 0 Å². The maximum atomic E-state index is 13.0. The number of hydrogen-bond donors (Lipinski definition) is 2. The molecule has 3 aromatic carbocycles. The van der Waals surface area contributed by atoms with Gasteiger partial charge in [0.25, 0.3) is 10.0 Å². The quantitative estimate of drug-likeness (QED) is 0.419. The molecule has 1 aromatic heterocycles. The average molecular weight is 448 g/mol. The van der Waals surface area contributed by atoms with Gasteiger partial charge >= 0.3 is 0 Å². The molecule has 0 spiro atoms. The van der Waals surface area contributed by atoms with E-state index in [-0.39, 0.29) is 16.5 Å². The molecule has 0 saturated heterocycles. The summed E-state index contributed by atoms with van der Waals surface area (Å²) in [6, 6.07) is 19.0. The zero-order chi connectivity index (χ0) is 22.7. The standard InChI is InChI=1S/C22H21BN4O4S/c1-30-15-9-12-20(31-2)19(13-15)26-21-22(25-18-6-4-3-5-17(18)24-21)27-32(28,29)16-10-7-14(23)8-11-16/h3-13H,23H2,1-2H3,(H,24,26)(H,25,27). The molecule has 0 atom stereocenters. The van der Waals surface area contributed by atoms with Crippen molar-refractivity contribution in [2.45, 2.75) is 4.90 Å². The molecule has 0 fully saturated rings. The van der Waals surface area contributed by atoms with E-state index in [1.54, 1.807) is 68.8 Å². The van der Waals surface area contributed by atoms with Gasteiger partial charge in [-0.25, -0.2) is 18.4 Å². The van der Waals surface area contributed by atoms with Crippen molar-refractivity contribution in [3.8, 4) is 11.5 Å². The highest BCUT2D eigenvalue weighted by Crippen LogP contribution is 2.34. The Kier molecular flexibility index (Phi) is 5.87. The van der Waals surface area contributed by atoms with E-state index in [0.29, 0.717) is 28.2 Å². The fourth-order valence-corrected chi connectivity index (χ4v) is 4.11. The van der Waals surface area contributed by atoms with Crippen LogP contribution in [0.4, 0.5) is 17.3 Å². The smallest absolute Gasteiger partial charge is 0.263 e. The zero-order valence-corrected chi connectivity index (χ0v) is 18.6. The van der Waals surface area contributed by atoms with Crippen molar-refractivity contribution in [2.75, 3.05) is 24.3 Å². The number of anilines is 3. The Morgan fingerprint density at radius 1 is 0.844 bits per heavy atom. The second-order valence-corrected chi connectivity index (χ2v) is 8.70. The van der Waals surface area contributed by atoms with Crippen LogP contribution >= 0.6 is 0 Å². The number of methoxy groups -OCH3 is 2. The third-order valence-corrected chi connectivity index (χ3v) is 6.15. The lowest BCUT2D eigenvalue weighted by Crippen LogP contribution is -2.17. The first-order valence-corrected chi connectivity index (χ1v) is 11.2. The summed E-state index contributed by atoms with van der Waals surface area (Å²) in [7, 11) is 1.10. The van der Waals surface area contributed by atoms with Crippen LogP contribution in [0.25, 0.3) is 11.0 Å². The summed E-state index contributed by atoms with van der Waals surface area (Å²) >= 11 is 0. The van der Waals surface area contributed by atoms with Crippen LogP contribution in [-0.2, 0) is 10.0 Å². The molecule has 2 N–H and O–H groups in total. The topological polar surface area (TPSA) is 102 Å². The van der Waals surface area contributed by atoms with Crippen LogP contribution in [0.15, 0.2) is 71.6 Å². The summed E-state index contributed by atoms with van der Waals surface area (Å²) in [4.78, 5) is 9.23. The van der Waals surface area contributed by atoms with Gasteiger partial charge in [0.15, 0.2) is 11.6 Å². The maximum Gasteiger partial charge on any atom is 0.263 e. The number of ether oxygens (including phenoxy) is 2. The van der Waals surface area contributed by atoms with Gasteiger partial charge in [-0.1, -0.05) is 29.7 Å². The normalized spacial score (nSPS) is 11.2. The van der Waals surface area contributed by atoms with Gasteiger partial charge in [0, 0.05) is 6.07 Å². The molecule has 4 aromatic rings. The van der Waals surface area contributed by atoms with E-state index in [9.17, 15) is 8.42 Å². The first-order valence-electron chi connectivity index (χ1n) is 9.75. The van der Waals surface area contributed by atoms with Gasteiger partial charge < -0.3 is 14.8 Å².